The second kappa shape index (κ2) is 6.21. The molecule has 0 spiro atoms. The maximum atomic E-state index is 12.6. The third-order valence-corrected chi connectivity index (χ3v) is 6.29. The molecular formula is C12H17NO5S2. The summed E-state index contributed by atoms with van der Waals surface area (Å²) in [7, 11) is -3.76. The molecular weight excluding hydrogens is 302 g/mol. The minimum absolute atomic E-state index is 0.115. The van der Waals surface area contributed by atoms with Crippen LogP contribution in [0.1, 0.15) is 23.0 Å². The fourth-order valence-corrected chi connectivity index (χ4v) is 4.97. The second-order valence-corrected chi connectivity index (χ2v) is 7.43. The number of rotatable bonds is 6. The van der Waals surface area contributed by atoms with Crippen molar-refractivity contribution < 1.29 is 23.1 Å². The third kappa shape index (κ3) is 3.03. The quantitative estimate of drug-likeness (QED) is 0.859. The number of carbonyl (C=O) groups is 1. The van der Waals surface area contributed by atoms with Gasteiger partial charge in [-0.25, -0.2) is 13.2 Å². The van der Waals surface area contributed by atoms with Crippen LogP contribution in [-0.4, -0.2) is 50.1 Å². The number of sulfonamides is 1. The van der Waals surface area contributed by atoms with E-state index in [9.17, 15) is 13.2 Å². The van der Waals surface area contributed by atoms with Crippen molar-refractivity contribution in [2.45, 2.75) is 18.2 Å². The number of thiophene rings is 1. The molecule has 6 nitrogen and oxygen atoms in total. The van der Waals surface area contributed by atoms with E-state index < -0.39 is 16.0 Å². The molecule has 1 N–H and O–H groups in total. The lowest BCUT2D eigenvalue weighted by atomic mass is 10.1. The molecule has 20 heavy (non-hydrogen) atoms. The van der Waals surface area contributed by atoms with Gasteiger partial charge in [-0.1, -0.05) is 6.92 Å². The van der Waals surface area contributed by atoms with Crippen LogP contribution in [0.25, 0.3) is 0 Å². The summed E-state index contributed by atoms with van der Waals surface area (Å²) in [5, 5.41) is 10.6. The van der Waals surface area contributed by atoms with Crippen molar-refractivity contribution in [2.75, 3.05) is 26.3 Å². The van der Waals surface area contributed by atoms with Crippen LogP contribution in [0, 0.1) is 5.92 Å². The minimum Gasteiger partial charge on any atom is -0.477 e. The fraction of sp³-hybridized carbons (Fsp3) is 0.583. The molecule has 0 aliphatic carbocycles. The first kappa shape index (κ1) is 15.4. The molecule has 1 atom stereocenters. The van der Waals surface area contributed by atoms with Gasteiger partial charge in [-0.15, -0.1) is 11.3 Å². The van der Waals surface area contributed by atoms with E-state index >= 15 is 0 Å². The van der Waals surface area contributed by atoms with Crippen LogP contribution in [0.3, 0.4) is 0 Å². The Balaban J connectivity index is 2.26. The highest BCUT2D eigenvalue weighted by atomic mass is 32.2. The van der Waals surface area contributed by atoms with Crippen molar-refractivity contribution in [2.24, 2.45) is 5.92 Å². The average Bonchev–Trinajstić information content (AvgIpc) is 3.06. The summed E-state index contributed by atoms with van der Waals surface area (Å²) in [6.45, 7) is 3.64. The molecule has 0 amide bonds. The molecule has 2 rings (SSSR count). The van der Waals surface area contributed by atoms with Crippen LogP contribution in [0.15, 0.2) is 16.3 Å². The van der Waals surface area contributed by atoms with Gasteiger partial charge in [-0.05, 0) is 23.8 Å². The molecule has 0 bridgehead atoms. The molecule has 1 fully saturated rings. The fourth-order valence-electron chi connectivity index (χ4n) is 2.21. The minimum atomic E-state index is -3.76. The van der Waals surface area contributed by atoms with Crippen LogP contribution >= 0.6 is 11.3 Å². The first-order valence-electron chi connectivity index (χ1n) is 6.35. The average molecular weight is 319 g/mol. The molecule has 0 aromatic carbocycles. The maximum absolute atomic E-state index is 12.6. The molecule has 2 heterocycles. The van der Waals surface area contributed by atoms with Crippen molar-refractivity contribution in [3.8, 4) is 0 Å². The standard InChI is InChI=1S/C12H17NO5S2/c1-2-13(7-9-3-5-18-8-9)20(16,17)10-4-6-19-11(10)12(14)15/h4,6,9H,2-3,5,7-8H2,1H3,(H,14,15). The summed E-state index contributed by atoms with van der Waals surface area (Å²) in [5.41, 5.74) is 0. The molecule has 0 saturated carbocycles. The summed E-state index contributed by atoms with van der Waals surface area (Å²) in [6, 6.07) is 1.36. The molecule has 1 aliphatic rings. The largest absolute Gasteiger partial charge is 0.477 e. The van der Waals surface area contributed by atoms with Crippen LogP contribution in [0.4, 0.5) is 0 Å². The van der Waals surface area contributed by atoms with Gasteiger partial charge in [-0.2, -0.15) is 4.31 Å². The Kier molecular flexibility index (Phi) is 4.79. The van der Waals surface area contributed by atoms with Crippen LogP contribution in [0.5, 0.6) is 0 Å². The van der Waals surface area contributed by atoms with E-state index in [-0.39, 0.29) is 15.7 Å². The number of nitrogens with zero attached hydrogens (tertiary/aromatic N) is 1. The Labute approximate surface area is 122 Å². The summed E-state index contributed by atoms with van der Waals surface area (Å²) in [5.74, 6) is -1.03. The highest BCUT2D eigenvalue weighted by molar-refractivity contribution is 7.89. The van der Waals surface area contributed by atoms with Crippen LogP contribution in [-0.2, 0) is 14.8 Å². The van der Waals surface area contributed by atoms with E-state index in [2.05, 4.69) is 0 Å². The van der Waals surface area contributed by atoms with Gasteiger partial charge in [0, 0.05) is 19.7 Å². The van der Waals surface area contributed by atoms with E-state index in [4.69, 9.17) is 9.84 Å². The van der Waals surface area contributed by atoms with Gasteiger partial charge in [0.15, 0.2) is 0 Å². The topological polar surface area (TPSA) is 83.9 Å². The highest BCUT2D eigenvalue weighted by Crippen LogP contribution is 2.26. The third-order valence-electron chi connectivity index (χ3n) is 3.28. The maximum Gasteiger partial charge on any atom is 0.347 e. The lowest BCUT2D eigenvalue weighted by molar-refractivity contribution is 0.0698. The Morgan fingerprint density at radius 2 is 2.35 bits per heavy atom. The lowest BCUT2D eigenvalue weighted by Crippen LogP contribution is -2.35. The Morgan fingerprint density at radius 3 is 2.90 bits per heavy atom. The Bertz CT molecular complexity index is 574. The number of hydrogen-bond donors (Lipinski definition) is 1. The van der Waals surface area contributed by atoms with E-state index in [0.717, 1.165) is 17.8 Å². The van der Waals surface area contributed by atoms with Gasteiger partial charge in [0.05, 0.1) is 6.61 Å². The van der Waals surface area contributed by atoms with Crippen molar-refractivity contribution in [1.29, 1.82) is 0 Å². The number of carboxylic acids is 1. The monoisotopic (exact) mass is 319 g/mol. The first-order valence-corrected chi connectivity index (χ1v) is 8.67. The SMILES string of the molecule is CCN(CC1CCOC1)S(=O)(=O)c1ccsc1C(=O)O. The van der Waals surface area contributed by atoms with Crippen molar-refractivity contribution >= 4 is 27.3 Å². The van der Waals surface area contributed by atoms with E-state index in [1.165, 1.54) is 15.8 Å². The summed E-state index contributed by atoms with van der Waals surface area (Å²) in [4.78, 5) is 10.8. The van der Waals surface area contributed by atoms with Crippen LogP contribution in [0.2, 0.25) is 0 Å². The number of hydrogen-bond acceptors (Lipinski definition) is 5. The van der Waals surface area contributed by atoms with Gasteiger partial charge in [0.2, 0.25) is 10.0 Å². The normalized spacial score (nSPS) is 19.6. The molecule has 1 unspecified atom stereocenters. The number of ether oxygens (including phenoxy) is 1. The van der Waals surface area contributed by atoms with Gasteiger partial charge >= 0.3 is 5.97 Å². The van der Waals surface area contributed by atoms with Crippen LogP contribution < -0.4 is 0 Å². The van der Waals surface area contributed by atoms with Gasteiger partial charge < -0.3 is 9.84 Å². The molecule has 1 aliphatic heterocycles. The number of aromatic carboxylic acids is 1. The molecule has 1 aromatic rings. The first-order chi connectivity index (χ1) is 9.46. The Hall–Kier alpha value is -0.960. The van der Waals surface area contributed by atoms with Crippen molar-refractivity contribution in [3.05, 3.63) is 16.3 Å². The molecule has 1 aromatic heterocycles. The van der Waals surface area contributed by atoms with Gasteiger partial charge in [0.1, 0.15) is 9.77 Å². The highest BCUT2D eigenvalue weighted by Gasteiger charge is 2.31. The van der Waals surface area contributed by atoms with Gasteiger partial charge in [0.25, 0.3) is 0 Å². The molecule has 112 valence electrons. The zero-order valence-electron chi connectivity index (χ0n) is 11.1. The zero-order valence-corrected chi connectivity index (χ0v) is 12.7. The summed E-state index contributed by atoms with van der Waals surface area (Å²) >= 11 is 0.925. The zero-order chi connectivity index (χ0) is 14.8. The Morgan fingerprint density at radius 1 is 1.60 bits per heavy atom. The van der Waals surface area contributed by atoms with Gasteiger partial charge in [-0.3, -0.25) is 0 Å². The molecule has 0 radical (unpaired) electrons. The van der Waals surface area contributed by atoms with E-state index in [1.807, 2.05) is 0 Å². The summed E-state index contributed by atoms with van der Waals surface area (Å²) < 4.78 is 31.7. The van der Waals surface area contributed by atoms with E-state index in [1.54, 1.807) is 6.92 Å². The molecule has 8 heteroatoms. The van der Waals surface area contributed by atoms with E-state index in [0.29, 0.717) is 26.3 Å². The second-order valence-electron chi connectivity index (χ2n) is 4.60. The predicted molar refractivity (Wildman–Crippen MR) is 74.6 cm³/mol. The predicted octanol–water partition coefficient (Wildman–Crippen LogP) is 1.49. The molecule has 1 saturated heterocycles. The summed E-state index contributed by atoms with van der Waals surface area (Å²) in [6.07, 6.45) is 0.835. The lowest BCUT2D eigenvalue weighted by Gasteiger charge is -2.22. The van der Waals surface area contributed by atoms with Crippen molar-refractivity contribution in [1.82, 2.24) is 4.31 Å². The van der Waals surface area contributed by atoms with Crippen molar-refractivity contribution in [3.63, 3.8) is 0 Å². The number of carboxylic acid groups (broad SMARTS) is 1. The smallest absolute Gasteiger partial charge is 0.347 e.